The number of benzene rings is 1. The van der Waals surface area contributed by atoms with Crippen molar-refractivity contribution in [2.45, 2.75) is 33.1 Å². The minimum absolute atomic E-state index is 0.499. The Morgan fingerprint density at radius 1 is 1.31 bits per heavy atom. The van der Waals surface area contributed by atoms with Crippen molar-refractivity contribution in [3.05, 3.63) is 34.9 Å². The highest BCUT2D eigenvalue weighted by molar-refractivity contribution is 5.38. The second-order valence-corrected chi connectivity index (χ2v) is 3.58. The number of hydrogen-bond donors (Lipinski definition) is 0. The summed E-state index contributed by atoms with van der Waals surface area (Å²) in [4.78, 5) is 0. The topological polar surface area (TPSA) is 23.8 Å². The van der Waals surface area contributed by atoms with Crippen molar-refractivity contribution in [2.24, 2.45) is 0 Å². The van der Waals surface area contributed by atoms with Crippen LogP contribution in [0.4, 0.5) is 0 Å². The Kier molecular flexibility index (Phi) is 3.08. The Bertz CT molecular complexity index is 331. The normalized spacial score (nSPS) is 10.1. The molecule has 0 heterocycles. The van der Waals surface area contributed by atoms with Crippen LogP contribution < -0.4 is 0 Å². The molecule has 1 rings (SSSR count). The molecular weight excluding hydrogens is 158 g/mol. The van der Waals surface area contributed by atoms with Crippen LogP contribution in [0.2, 0.25) is 0 Å². The van der Waals surface area contributed by atoms with Crippen molar-refractivity contribution >= 4 is 0 Å². The smallest absolute Gasteiger partial charge is 0.0991 e. The van der Waals surface area contributed by atoms with Gasteiger partial charge in [0.2, 0.25) is 0 Å². The Morgan fingerprint density at radius 2 is 2.00 bits per heavy atom. The van der Waals surface area contributed by atoms with Crippen molar-refractivity contribution in [3.8, 4) is 6.07 Å². The maximum atomic E-state index is 8.81. The largest absolute Gasteiger partial charge is 0.192 e. The van der Waals surface area contributed by atoms with Crippen LogP contribution in [0.15, 0.2) is 18.2 Å². The van der Waals surface area contributed by atoms with E-state index in [0.29, 0.717) is 5.92 Å². The third-order valence-electron chi connectivity index (χ3n) is 2.22. The lowest BCUT2D eigenvalue weighted by atomic mass is 9.97. The molecular formula is C12H15N. The minimum Gasteiger partial charge on any atom is -0.192 e. The van der Waals surface area contributed by atoms with E-state index in [1.807, 2.05) is 12.1 Å². The van der Waals surface area contributed by atoms with Crippen LogP contribution in [0.3, 0.4) is 0 Å². The maximum Gasteiger partial charge on any atom is 0.0991 e. The molecule has 1 nitrogen and oxygen atoms in total. The molecule has 0 unspecified atom stereocenters. The van der Waals surface area contributed by atoms with Gasteiger partial charge in [0.25, 0.3) is 0 Å². The van der Waals surface area contributed by atoms with Crippen LogP contribution in [0.25, 0.3) is 0 Å². The summed E-state index contributed by atoms with van der Waals surface area (Å²) >= 11 is 0. The summed E-state index contributed by atoms with van der Waals surface area (Å²) in [5, 5.41) is 8.81. The van der Waals surface area contributed by atoms with E-state index in [2.05, 4.69) is 32.9 Å². The molecule has 0 saturated carbocycles. The van der Waals surface area contributed by atoms with Crippen LogP contribution in [0.1, 0.15) is 43.4 Å². The summed E-state index contributed by atoms with van der Waals surface area (Å²) in [5.74, 6) is 0.499. The first-order valence-corrected chi connectivity index (χ1v) is 4.71. The van der Waals surface area contributed by atoms with Crippen molar-refractivity contribution in [1.82, 2.24) is 0 Å². The van der Waals surface area contributed by atoms with Crippen molar-refractivity contribution in [3.63, 3.8) is 0 Å². The summed E-state index contributed by atoms with van der Waals surface area (Å²) < 4.78 is 0. The van der Waals surface area contributed by atoms with Crippen LogP contribution in [0.5, 0.6) is 0 Å². The lowest BCUT2D eigenvalue weighted by Crippen LogP contribution is -1.92. The average molecular weight is 173 g/mol. The van der Waals surface area contributed by atoms with Crippen molar-refractivity contribution in [1.29, 1.82) is 5.26 Å². The van der Waals surface area contributed by atoms with E-state index in [1.165, 1.54) is 11.1 Å². The lowest BCUT2D eigenvalue weighted by molar-refractivity contribution is 0.861. The highest BCUT2D eigenvalue weighted by Gasteiger charge is 2.02. The average Bonchev–Trinajstić information content (AvgIpc) is 2.16. The van der Waals surface area contributed by atoms with Gasteiger partial charge in [0.1, 0.15) is 0 Å². The third kappa shape index (κ3) is 2.32. The predicted molar refractivity (Wildman–Crippen MR) is 54.6 cm³/mol. The summed E-state index contributed by atoms with van der Waals surface area (Å²) in [6.45, 7) is 6.41. The van der Waals surface area contributed by atoms with Crippen LogP contribution in [-0.2, 0) is 6.42 Å². The van der Waals surface area contributed by atoms with E-state index in [9.17, 15) is 0 Å². The van der Waals surface area contributed by atoms with Gasteiger partial charge in [-0.1, -0.05) is 26.8 Å². The molecule has 0 amide bonds. The highest BCUT2D eigenvalue weighted by Crippen LogP contribution is 2.18. The second-order valence-electron chi connectivity index (χ2n) is 3.58. The monoisotopic (exact) mass is 173 g/mol. The number of rotatable bonds is 2. The van der Waals surface area contributed by atoms with Crippen LogP contribution in [0, 0.1) is 11.3 Å². The summed E-state index contributed by atoms with van der Waals surface area (Å²) in [6, 6.07) is 8.32. The molecule has 1 heteroatoms. The first-order valence-electron chi connectivity index (χ1n) is 4.71. The fourth-order valence-electron chi connectivity index (χ4n) is 1.32. The van der Waals surface area contributed by atoms with E-state index in [1.54, 1.807) is 0 Å². The third-order valence-corrected chi connectivity index (χ3v) is 2.22. The van der Waals surface area contributed by atoms with E-state index < -0.39 is 0 Å². The van der Waals surface area contributed by atoms with E-state index in [4.69, 9.17) is 5.26 Å². The van der Waals surface area contributed by atoms with E-state index in [0.717, 1.165) is 12.0 Å². The molecule has 0 bridgehead atoms. The quantitative estimate of drug-likeness (QED) is 0.673. The zero-order valence-electron chi connectivity index (χ0n) is 8.46. The molecule has 0 aliphatic heterocycles. The summed E-state index contributed by atoms with van der Waals surface area (Å²) in [7, 11) is 0. The van der Waals surface area contributed by atoms with Gasteiger partial charge in [-0.3, -0.25) is 0 Å². The Hall–Kier alpha value is -1.29. The maximum absolute atomic E-state index is 8.81. The van der Waals surface area contributed by atoms with Crippen molar-refractivity contribution in [2.75, 3.05) is 0 Å². The number of hydrogen-bond acceptors (Lipinski definition) is 1. The van der Waals surface area contributed by atoms with Gasteiger partial charge in [0, 0.05) is 0 Å². The van der Waals surface area contributed by atoms with Crippen LogP contribution in [-0.4, -0.2) is 0 Å². The molecule has 68 valence electrons. The van der Waals surface area contributed by atoms with Gasteiger partial charge in [-0.05, 0) is 35.6 Å². The summed E-state index contributed by atoms with van der Waals surface area (Å²) in [5.41, 5.74) is 3.29. The Morgan fingerprint density at radius 3 is 2.46 bits per heavy atom. The standard InChI is InChI=1S/C12H15N/c1-4-10-5-11(8-13)7-12(6-10)9(2)3/h5-7,9H,4H2,1-3H3. The minimum atomic E-state index is 0.499. The first kappa shape index (κ1) is 9.80. The fraction of sp³-hybridized carbons (Fsp3) is 0.417. The molecule has 0 aliphatic carbocycles. The SMILES string of the molecule is CCc1cc(C#N)cc(C(C)C)c1. The van der Waals surface area contributed by atoms with Crippen LogP contribution >= 0.6 is 0 Å². The molecule has 13 heavy (non-hydrogen) atoms. The molecule has 0 N–H and O–H groups in total. The summed E-state index contributed by atoms with van der Waals surface area (Å²) in [6.07, 6.45) is 0.995. The molecule has 0 spiro atoms. The van der Waals surface area contributed by atoms with Gasteiger partial charge in [0.05, 0.1) is 11.6 Å². The molecule has 0 aliphatic rings. The molecule has 0 saturated heterocycles. The van der Waals surface area contributed by atoms with Crippen molar-refractivity contribution < 1.29 is 0 Å². The molecule has 1 aromatic rings. The molecule has 0 radical (unpaired) electrons. The van der Waals surface area contributed by atoms with Gasteiger partial charge < -0.3 is 0 Å². The van der Waals surface area contributed by atoms with Gasteiger partial charge in [-0.25, -0.2) is 0 Å². The van der Waals surface area contributed by atoms with Gasteiger partial charge >= 0.3 is 0 Å². The van der Waals surface area contributed by atoms with E-state index in [-0.39, 0.29) is 0 Å². The molecule has 0 aromatic heterocycles. The zero-order chi connectivity index (χ0) is 9.84. The van der Waals surface area contributed by atoms with Gasteiger partial charge in [-0.15, -0.1) is 0 Å². The Labute approximate surface area is 80.0 Å². The zero-order valence-corrected chi connectivity index (χ0v) is 8.46. The Balaban J connectivity index is 3.17. The van der Waals surface area contributed by atoms with Gasteiger partial charge in [-0.2, -0.15) is 5.26 Å². The molecule has 1 aromatic carbocycles. The lowest BCUT2D eigenvalue weighted by Gasteiger charge is -2.07. The highest BCUT2D eigenvalue weighted by atomic mass is 14.2. The first-order chi connectivity index (χ1) is 6.17. The second kappa shape index (κ2) is 4.09. The predicted octanol–water partition coefficient (Wildman–Crippen LogP) is 3.24. The molecule has 0 atom stereocenters. The number of nitrogens with zero attached hydrogens (tertiary/aromatic N) is 1. The number of aryl methyl sites for hydroxylation is 1. The van der Waals surface area contributed by atoms with E-state index >= 15 is 0 Å². The van der Waals surface area contributed by atoms with Gasteiger partial charge in [0.15, 0.2) is 0 Å². The number of nitriles is 1. The molecule has 0 fully saturated rings. The fourth-order valence-corrected chi connectivity index (χ4v) is 1.32.